The van der Waals surface area contributed by atoms with Crippen molar-refractivity contribution < 1.29 is 9.53 Å². The van der Waals surface area contributed by atoms with Gasteiger partial charge < -0.3 is 15.8 Å². The van der Waals surface area contributed by atoms with Crippen molar-refractivity contribution in [1.82, 2.24) is 0 Å². The molecule has 0 aliphatic heterocycles. The first-order valence-electron chi connectivity index (χ1n) is 6.45. The molecular formula is C16H18N2O2. The van der Waals surface area contributed by atoms with Gasteiger partial charge in [0.15, 0.2) is 0 Å². The average Bonchev–Trinajstić information content (AvgIpc) is 2.49. The molecule has 2 aromatic rings. The number of nitrogens with two attached hydrogens (primary N) is 1. The second kappa shape index (κ2) is 6.73. The van der Waals surface area contributed by atoms with Crippen LogP contribution >= 0.6 is 0 Å². The van der Waals surface area contributed by atoms with Crippen molar-refractivity contribution in [2.24, 2.45) is 5.73 Å². The highest BCUT2D eigenvalue weighted by molar-refractivity contribution is 5.97. The number of carbonyl (C=O) groups excluding carboxylic acids is 1. The second-order valence-electron chi connectivity index (χ2n) is 4.39. The molecule has 0 aliphatic carbocycles. The topological polar surface area (TPSA) is 64.3 Å². The molecule has 2 rings (SSSR count). The molecule has 0 saturated carbocycles. The van der Waals surface area contributed by atoms with Crippen molar-refractivity contribution in [2.45, 2.75) is 5.92 Å². The molecule has 104 valence electrons. The third-order valence-electron chi connectivity index (χ3n) is 3.12. The van der Waals surface area contributed by atoms with Crippen LogP contribution in [0, 0.1) is 0 Å². The Balaban J connectivity index is 2.18. The minimum atomic E-state index is -0.374. The van der Waals surface area contributed by atoms with E-state index in [1.54, 1.807) is 19.2 Å². The van der Waals surface area contributed by atoms with Crippen molar-refractivity contribution in [3.05, 3.63) is 60.2 Å². The molecule has 1 atom stereocenters. The number of rotatable bonds is 5. The van der Waals surface area contributed by atoms with Gasteiger partial charge >= 0.3 is 0 Å². The van der Waals surface area contributed by atoms with E-state index in [0.717, 1.165) is 5.56 Å². The van der Waals surface area contributed by atoms with E-state index in [1.807, 2.05) is 42.5 Å². The van der Waals surface area contributed by atoms with Gasteiger partial charge in [-0.1, -0.05) is 42.5 Å². The fourth-order valence-electron chi connectivity index (χ4n) is 2.05. The van der Waals surface area contributed by atoms with E-state index < -0.39 is 0 Å². The fourth-order valence-corrected chi connectivity index (χ4v) is 2.05. The van der Waals surface area contributed by atoms with E-state index in [1.165, 1.54) is 0 Å². The van der Waals surface area contributed by atoms with E-state index in [0.29, 0.717) is 11.4 Å². The maximum Gasteiger partial charge on any atom is 0.233 e. The Hall–Kier alpha value is -2.33. The van der Waals surface area contributed by atoms with Crippen LogP contribution in [0.2, 0.25) is 0 Å². The minimum Gasteiger partial charge on any atom is -0.495 e. The van der Waals surface area contributed by atoms with Gasteiger partial charge in [0, 0.05) is 6.54 Å². The normalized spacial score (nSPS) is 11.7. The summed E-state index contributed by atoms with van der Waals surface area (Å²) in [6.45, 7) is 0.255. The lowest BCUT2D eigenvalue weighted by Crippen LogP contribution is -2.27. The maximum absolute atomic E-state index is 12.4. The average molecular weight is 270 g/mol. The standard InChI is InChI=1S/C16H18N2O2/c1-20-15-10-6-5-9-14(15)18-16(19)13(11-17)12-7-3-2-4-8-12/h2-10,13H,11,17H2,1H3,(H,18,19). The lowest BCUT2D eigenvalue weighted by Gasteiger charge is -2.16. The molecule has 3 N–H and O–H groups in total. The third kappa shape index (κ3) is 3.16. The number of anilines is 1. The molecule has 0 saturated heterocycles. The summed E-state index contributed by atoms with van der Waals surface area (Å²) in [6.07, 6.45) is 0. The molecule has 20 heavy (non-hydrogen) atoms. The van der Waals surface area contributed by atoms with Gasteiger partial charge in [-0.3, -0.25) is 4.79 Å². The highest BCUT2D eigenvalue weighted by Gasteiger charge is 2.19. The second-order valence-corrected chi connectivity index (χ2v) is 4.39. The number of hydrogen-bond donors (Lipinski definition) is 2. The number of amides is 1. The summed E-state index contributed by atoms with van der Waals surface area (Å²) in [5.74, 6) is 0.119. The molecule has 1 unspecified atom stereocenters. The van der Waals surface area contributed by atoms with Crippen molar-refractivity contribution in [3.63, 3.8) is 0 Å². The van der Waals surface area contributed by atoms with Crippen LogP contribution in [0.5, 0.6) is 5.75 Å². The number of ether oxygens (including phenoxy) is 1. The summed E-state index contributed by atoms with van der Waals surface area (Å²) in [5, 5.41) is 2.87. The lowest BCUT2D eigenvalue weighted by molar-refractivity contribution is -0.117. The van der Waals surface area contributed by atoms with E-state index in [4.69, 9.17) is 10.5 Å². The molecule has 0 spiro atoms. The molecule has 2 aromatic carbocycles. The van der Waals surface area contributed by atoms with Crippen LogP contribution in [-0.4, -0.2) is 19.6 Å². The number of para-hydroxylation sites is 2. The quantitative estimate of drug-likeness (QED) is 0.876. The van der Waals surface area contributed by atoms with Gasteiger partial charge in [-0.15, -0.1) is 0 Å². The molecule has 0 aliphatic rings. The number of nitrogens with one attached hydrogen (secondary N) is 1. The zero-order chi connectivity index (χ0) is 14.4. The Morgan fingerprint density at radius 3 is 2.45 bits per heavy atom. The van der Waals surface area contributed by atoms with Crippen LogP contribution in [0.15, 0.2) is 54.6 Å². The number of carbonyl (C=O) groups is 1. The van der Waals surface area contributed by atoms with Gasteiger partial charge in [0.25, 0.3) is 0 Å². The molecular weight excluding hydrogens is 252 g/mol. The molecule has 1 amide bonds. The lowest BCUT2D eigenvalue weighted by atomic mass is 9.98. The summed E-state index contributed by atoms with van der Waals surface area (Å²) in [7, 11) is 1.57. The molecule has 0 fully saturated rings. The predicted octanol–water partition coefficient (Wildman–Crippen LogP) is 2.38. The first-order chi connectivity index (χ1) is 9.76. The zero-order valence-electron chi connectivity index (χ0n) is 11.4. The largest absolute Gasteiger partial charge is 0.495 e. The molecule has 0 bridgehead atoms. The van der Waals surface area contributed by atoms with E-state index in [2.05, 4.69) is 5.32 Å². The Kier molecular flexibility index (Phi) is 4.74. The van der Waals surface area contributed by atoms with Crippen molar-refractivity contribution in [2.75, 3.05) is 19.0 Å². The van der Waals surface area contributed by atoms with E-state index in [-0.39, 0.29) is 18.4 Å². The van der Waals surface area contributed by atoms with Crippen LogP contribution in [0.3, 0.4) is 0 Å². The Labute approximate surface area is 118 Å². The van der Waals surface area contributed by atoms with Crippen LogP contribution in [0.25, 0.3) is 0 Å². The maximum atomic E-state index is 12.4. The molecule has 4 nitrogen and oxygen atoms in total. The zero-order valence-corrected chi connectivity index (χ0v) is 11.4. The monoisotopic (exact) mass is 270 g/mol. The Bertz CT molecular complexity index is 570. The summed E-state index contributed by atoms with van der Waals surface area (Å²) in [4.78, 5) is 12.4. The molecule has 0 heterocycles. The molecule has 0 aromatic heterocycles. The summed E-state index contributed by atoms with van der Waals surface area (Å²) >= 11 is 0. The van der Waals surface area contributed by atoms with Crippen molar-refractivity contribution in [1.29, 1.82) is 0 Å². The first-order valence-corrected chi connectivity index (χ1v) is 6.45. The van der Waals surface area contributed by atoms with Gasteiger partial charge in [-0.05, 0) is 17.7 Å². The van der Waals surface area contributed by atoms with Crippen LogP contribution in [0.1, 0.15) is 11.5 Å². The van der Waals surface area contributed by atoms with Crippen LogP contribution in [0.4, 0.5) is 5.69 Å². The van der Waals surface area contributed by atoms with Gasteiger partial charge in [-0.25, -0.2) is 0 Å². The Morgan fingerprint density at radius 2 is 1.80 bits per heavy atom. The minimum absolute atomic E-state index is 0.136. The van der Waals surface area contributed by atoms with E-state index >= 15 is 0 Å². The van der Waals surface area contributed by atoms with Gasteiger partial charge in [0.05, 0.1) is 18.7 Å². The predicted molar refractivity (Wildman–Crippen MR) is 79.9 cm³/mol. The molecule has 4 heteroatoms. The fraction of sp³-hybridized carbons (Fsp3) is 0.188. The van der Waals surface area contributed by atoms with Crippen molar-refractivity contribution in [3.8, 4) is 5.75 Å². The Morgan fingerprint density at radius 1 is 1.15 bits per heavy atom. The van der Waals surface area contributed by atoms with Gasteiger partial charge in [-0.2, -0.15) is 0 Å². The highest BCUT2D eigenvalue weighted by Crippen LogP contribution is 2.25. The summed E-state index contributed by atoms with van der Waals surface area (Å²) in [6, 6.07) is 16.8. The third-order valence-corrected chi connectivity index (χ3v) is 3.12. The number of hydrogen-bond acceptors (Lipinski definition) is 3. The SMILES string of the molecule is COc1ccccc1NC(=O)C(CN)c1ccccc1. The number of methoxy groups -OCH3 is 1. The van der Waals surface area contributed by atoms with Crippen LogP contribution in [-0.2, 0) is 4.79 Å². The van der Waals surface area contributed by atoms with Gasteiger partial charge in [0.2, 0.25) is 5.91 Å². The smallest absolute Gasteiger partial charge is 0.233 e. The van der Waals surface area contributed by atoms with Gasteiger partial charge in [0.1, 0.15) is 5.75 Å². The van der Waals surface area contributed by atoms with E-state index in [9.17, 15) is 4.79 Å². The number of benzene rings is 2. The first kappa shape index (κ1) is 14.1. The molecule has 0 radical (unpaired) electrons. The summed E-state index contributed by atoms with van der Waals surface area (Å²) < 4.78 is 5.22. The van der Waals surface area contributed by atoms with Crippen molar-refractivity contribution >= 4 is 11.6 Å². The summed E-state index contributed by atoms with van der Waals surface area (Å²) in [5.41, 5.74) is 7.29. The van der Waals surface area contributed by atoms with Crippen LogP contribution < -0.4 is 15.8 Å². The highest BCUT2D eigenvalue weighted by atomic mass is 16.5.